The second-order valence-electron chi connectivity index (χ2n) is 4.27. The SMILES string of the molecule is ON=C1CCC(OCc2ccccc2Cl)CC1. The first-order valence-electron chi connectivity index (χ1n) is 5.84. The Hall–Kier alpha value is -1.06. The molecule has 1 aromatic carbocycles. The molecule has 3 nitrogen and oxygen atoms in total. The lowest BCUT2D eigenvalue weighted by Gasteiger charge is -2.22. The van der Waals surface area contributed by atoms with Crippen LogP contribution in [0.15, 0.2) is 29.4 Å². The fraction of sp³-hybridized carbons (Fsp3) is 0.462. The summed E-state index contributed by atoms with van der Waals surface area (Å²) in [4.78, 5) is 0. The van der Waals surface area contributed by atoms with E-state index in [9.17, 15) is 0 Å². The third kappa shape index (κ3) is 3.45. The van der Waals surface area contributed by atoms with E-state index in [-0.39, 0.29) is 6.10 Å². The number of hydrogen-bond acceptors (Lipinski definition) is 3. The van der Waals surface area contributed by atoms with Crippen molar-refractivity contribution in [2.24, 2.45) is 5.16 Å². The first-order valence-corrected chi connectivity index (χ1v) is 6.22. The third-order valence-electron chi connectivity index (χ3n) is 3.08. The molecule has 0 spiro atoms. The predicted octanol–water partition coefficient (Wildman–Crippen LogP) is 3.63. The molecular weight excluding hydrogens is 238 g/mol. The summed E-state index contributed by atoms with van der Waals surface area (Å²) in [6.45, 7) is 0.552. The summed E-state index contributed by atoms with van der Waals surface area (Å²) in [5.41, 5.74) is 1.90. The van der Waals surface area contributed by atoms with Crippen LogP contribution in [0, 0.1) is 0 Å². The molecule has 0 amide bonds. The third-order valence-corrected chi connectivity index (χ3v) is 3.45. The van der Waals surface area contributed by atoms with Gasteiger partial charge in [-0.1, -0.05) is 35.0 Å². The number of hydrogen-bond donors (Lipinski definition) is 1. The van der Waals surface area contributed by atoms with Gasteiger partial charge in [0.25, 0.3) is 0 Å². The summed E-state index contributed by atoms with van der Waals surface area (Å²) in [5, 5.41) is 12.7. The van der Waals surface area contributed by atoms with Gasteiger partial charge in [0.05, 0.1) is 18.4 Å². The molecule has 0 saturated heterocycles. The predicted molar refractivity (Wildman–Crippen MR) is 67.7 cm³/mol. The molecule has 0 unspecified atom stereocenters. The van der Waals surface area contributed by atoms with Crippen molar-refractivity contribution in [3.63, 3.8) is 0 Å². The Bertz CT molecular complexity index is 396. The highest BCUT2D eigenvalue weighted by Gasteiger charge is 2.18. The molecule has 17 heavy (non-hydrogen) atoms. The molecule has 1 fully saturated rings. The van der Waals surface area contributed by atoms with Gasteiger partial charge in [-0.25, -0.2) is 0 Å². The van der Waals surface area contributed by atoms with Crippen molar-refractivity contribution in [2.45, 2.75) is 38.4 Å². The van der Waals surface area contributed by atoms with Crippen molar-refractivity contribution in [1.82, 2.24) is 0 Å². The first kappa shape index (κ1) is 12.4. The summed E-state index contributed by atoms with van der Waals surface area (Å²) >= 11 is 6.06. The van der Waals surface area contributed by atoms with Crippen molar-refractivity contribution in [1.29, 1.82) is 0 Å². The molecule has 1 saturated carbocycles. The maximum absolute atomic E-state index is 8.65. The zero-order valence-electron chi connectivity index (χ0n) is 9.60. The molecule has 0 heterocycles. The molecule has 1 aromatic rings. The van der Waals surface area contributed by atoms with E-state index in [0.717, 1.165) is 42.0 Å². The molecule has 2 rings (SSSR count). The lowest BCUT2D eigenvalue weighted by atomic mass is 9.96. The molecule has 4 heteroatoms. The van der Waals surface area contributed by atoms with Crippen LogP contribution in [0.5, 0.6) is 0 Å². The highest BCUT2D eigenvalue weighted by molar-refractivity contribution is 6.31. The van der Waals surface area contributed by atoms with E-state index in [1.54, 1.807) is 0 Å². The van der Waals surface area contributed by atoms with Crippen molar-refractivity contribution in [3.8, 4) is 0 Å². The van der Waals surface area contributed by atoms with Gasteiger partial charge in [0.1, 0.15) is 0 Å². The topological polar surface area (TPSA) is 41.8 Å². The van der Waals surface area contributed by atoms with Gasteiger partial charge in [-0.2, -0.15) is 0 Å². The van der Waals surface area contributed by atoms with Crippen LogP contribution < -0.4 is 0 Å². The summed E-state index contributed by atoms with van der Waals surface area (Å²) in [7, 11) is 0. The van der Waals surface area contributed by atoms with E-state index in [4.69, 9.17) is 21.5 Å². The Labute approximate surface area is 106 Å². The standard InChI is InChI=1S/C13H16ClNO2/c14-13-4-2-1-3-10(13)9-17-12-7-5-11(15-16)6-8-12/h1-4,12,16H,5-9H2. The molecule has 1 N–H and O–H groups in total. The van der Waals surface area contributed by atoms with Crippen LogP contribution >= 0.6 is 11.6 Å². The van der Waals surface area contributed by atoms with Gasteiger partial charge in [0.15, 0.2) is 0 Å². The molecular formula is C13H16ClNO2. The number of rotatable bonds is 3. The largest absolute Gasteiger partial charge is 0.411 e. The average molecular weight is 254 g/mol. The number of nitrogens with zero attached hydrogens (tertiary/aromatic N) is 1. The van der Waals surface area contributed by atoms with Gasteiger partial charge in [-0.05, 0) is 37.3 Å². The number of halogens is 1. The first-order chi connectivity index (χ1) is 8.29. The van der Waals surface area contributed by atoms with E-state index in [0.29, 0.717) is 6.61 Å². The van der Waals surface area contributed by atoms with Crippen LogP contribution in [-0.2, 0) is 11.3 Å². The number of ether oxygens (including phenoxy) is 1. The monoisotopic (exact) mass is 253 g/mol. The zero-order chi connectivity index (χ0) is 12.1. The minimum Gasteiger partial charge on any atom is -0.411 e. The van der Waals surface area contributed by atoms with Crippen molar-refractivity contribution < 1.29 is 9.94 Å². The van der Waals surface area contributed by atoms with Gasteiger partial charge >= 0.3 is 0 Å². The quantitative estimate of drug-likeness (QED) is 0.660. The summed E-state index contributed by atoms with van der Waals surface area (Å²) in [6, 6.07) is 7.72. The molecule has 0 atom stereocenters. The van der Waals surface area contributed by atoms with Gasteiger partial charge in [-0.15, -0.1) is 0 Å². The minimum absolute atomic E-state index is 0.247. The van der Waals surface area contributed by atoms with E-state index in [2.05, 4.69) is 5.16 Å². The van der Waals surface area contributed by atoms with Crippen molar-refractivity contribution >= 4 is 17.3 Å². The van der Waals surface area contributed by atoms with Crippen LogP contribution in [0.2, 0.25) is 5.02 Å². The van der Waals surface area contributed by atoms with Crippen molar-refractivity contribution in [2.75, 3.05) is 0 Å². The van der Waals surface area contributed by atoms with Crippen LogP contribution in [0.25, 0.3) is 0 Å². The lowest BCUT2D eigenvalue weighted by molar-refractivity contribution is 0.0277. The van der Waals surface area contributed by atoms with E-state index >= 15 is 0 Å². The maximum Gasteiger partial charge on any atom is 0.0735 e. The normalized spacial score (nSPS) is 20.3. The Morgan fingerprint density at radius 2 is 2.00 bits per heavy atom. The van der Waals surface area contributed by atoms with Gasteiger partial charge in [0.2, 0.25) is 0 Å². The smallest absolute Gasteiger partial charge is 0.0735 e. The summed E-state index contributed by atoms with van der Waals surface area (Å²) in [6.07, 6.45) is 3.73. The van der Waals surface area contributed by atoms with Crippen LogP contribution in [-0.4, -0.2) is 17.0 Å². The number of oxime groups is 1. The average Bonchev–Trinajstić information content (AvgIpc) is 2.38. The van der Waals surface area contributed by atoms with Gasteiger partial charge < -0.3 is 9.94 Å². The Balaban J connectivity index is 1.82. The molecule has 92 valence electrons. The second kappa shape index (κ2) is 6.03. The van der Waals surface area contributed by atoms with Crippen LogP contribution in [0.3, 0.4) is 0 Å². The Morgan fingerprint density at radius 1 is 1.29 bits per heavy atom. The highest BCUT2D eigenvalue weighted by Crippen LogP contribution is 2.22. The van der Waals surface area contributed by atoms with Crippen molar-refractivity contribution in [3.05, 3.63) is 34.9 Å². The molecule has 0 aliphatic heterocycles. The zero-order valence-corrected chi connectivity index (χ0v) is 10.4. The fourth-order valence-corrected chi connectivity index (χ4v) is 2.20. The molecule has 0 aromatic heterocycles. The van der Waals surface area contributed by atoms with Gasteiger partial charge in [-0.3, -0.25) is 0 Å². The van der Waals surface area contributed by atoms with Crippen LogP contribution in [0.1, 0.15) is 31.2 Å². The molecule has 0 bridgehead atoms. The number of benzene rings is 1. The fourth-order valence-electron chi connectivity index (χ4n) is 2.01. The van der Waals surface area contributed by atoms with E-state index in [1.807, 2.05) is 24.3 Å². The Kier molecular flexibility index (Phi) is 4.40. The highest BCUT2D eigenvalue weighted by atomic mass is 35.5. The maximum atomic E-state index is 8.65. The van der Waals surface area contributed by atoms with Gasteiger partial charge in [0, 0.05) is 5.02 Å². The van der Waals surface area contributed by atoms with Crippen LogP contribution in [0.4, 0.5) is 0 Å². The summed E-state index contributed by atoms with van der Waals surface area (Å²) in [5.74, 6) is 0. The molecule has 1 aliphatic carbocycles. The molecule has 1 aliphatic rings. The molecule has 0 radical (unpaired) electrons. The minimum atomic E-state index is 0.247. The lowest BCUT2D eigenvalue weighted by Crippen LogP contribution is -2.21. The van der Waals surface area contributed by atoms with E-state index in [1.165, 1.54) is 0 Å². The summed E-state index contributed by atoms with van der Waals surface area (Å²) < 4.78 is 5.82. The Morgan fingerprint density at radius 3 is 2.65 bits per heavy atom. The van der Waals surface area contributed by atoms with E-state index < -0.39 is 0 Å². The second-order valence-corrected chi connectivity index (χ2v) is 4.68.